The van der Waals surface area contributed by atoms with Crippen molar-refractivity contribution < 1.29 is 24.3 Å². The Morgan fingerprint density at radius 2 is 1.72 bits per heavy atom. The molecule has 10 nitrogen and oxygen atoms in total. The van der Waals surface area contributed by atoms with Gasteiger partial charge in [-0.3, -0.25) is 14.4 Å². The molecule has 32 heavy (non-hydrogen) atoms. The monoisotopic (exact) mass is 463 g/mol. The van der Waals surface area contributed by atoms with Crippen LogP contribution >= 0.6 is 12.6 Å². The molecule has 0 aliphatic carbocycles. The van der Waals surface area contributed by atoms with E-state index in [1.807, 2.05) is 24.3 Å². The van der Waals surface area contributed by atoms with Gasteiger partial charge in [0.05, 0.1) is 6.54 Å². The largest absolute Gasteiger partial charge is 0.480 e. The second-order valence-corrected chi connectivity index (χ2v) is 8.07. The molecule has 174 valence electrons. The number of aliphatic carboxylic acids is 1. The number of hydrogen-bond donors (Lipinski definition) is 7. The Morgan fingerprint density at radius 3 is 2.31 bits per heavy atom. The minimum atomic E-state index is -1.18. The van der Waals surface area contributed by atoms with E-state index in [4.69, 9.17) is 5.73 Å². The molecule has 0 bridgehead atoms. The van der Waals surface area contributed by atoms with Gasteiger partial charge in [0, 0.05) is 29.3 Å². The van der Waals surface area contributed by atoms with E-state index >= 15 is 0 Å². The zero-order valence-corrected chi connectivity index (χ0v) is 18.8. The third-order valence-electron chi connectivity index (χ3n) is 4.98. The SMILES string of the molecule is CC(C)C(NC(=O)C(CS)NC(=O)C(Cc1c[nH]c2ccccc12)NC(=O)CN)C(=O)O. The normalized spacial score (nSPS) is 13.9. The second kappa shape index (κ2) is 11.5. The number of para-hydroxylation sites is 1. The van der Waals surface area contributed by atoms with Crippen LogP contribution in [0.3, 0.4) is 0 Å². The Hall–Kier alpha value is -3.05. The molecular weight excluding hydrogens is 434 g/mol. The molecule has 1 heterocycles. The topological polar surface area (TPSA) is 166 Å². The van der Waals surface area contributed by atoms with Gasteiger partial charge >= 0.3 is 5.97 Å². The zero-order valence-electron chi connectivity index (χ0n) is 17.9. The van der Waals surface area contributed by atoms with Crippen molar-refractivity contribution in [1.29, 1.82) is 0 Å². The van der Waals surface area contributed by atoms with E-state index in [1.54, 1.807) is 20.0 Å². The standard InChI is InChI=1S/C21H29N5O5S/c1-11(2)18(21(30)31)26-20(29)16(10-32)25-19(28)15(24-17(27)8-22)7-12-9-23-14-6-4-3-5-13(12)14/h3-6,9,11,15-16,18,23,32H,7-8,10,22H2,1-2H3,(H,24,27)(H,25,28)(H,26,29)(H,30,31). The van der Waals surface area contributed by atoms with Crippen LogP contribution in [0.1, 0.15) is 19.4 Å². The number of aromatic amines is 1. The smallest absolute Gasteiger partial charge is 0.326 e. The molecular formula is C21H29N5O5S. The average molecular weight is 464 g/mol. The minimum Gasteiger partial charge on any atom is -0.480 e. The number of H-pyrrole nitrogens is 1. The highest BCUT2D eigenvalue weighted by Crippen LogP contribution is 2.19. The Morgan fingerprint density at radius 1 is 1.06 bits per heavy atom. The second-order valence-electron chi connectivity index (χ2n) is 7.70. The van der Waals surface area contributed by atoms with E-state index in [-0.39, 0.29) is 24.6 Å². The first-order valence-electron chi connectivity index (χ1n) is 10.2. The van der Waals surface area contributed by atoms with Crippen molar-refractivity contribution in [3.63, 3.8) is 0 Å². The predicted octanol–water partition coefficient (Wildman–Crippen LogP) is -0.206. The molecule has 2 rings (SSSR count). The number of nitrogens with two attached hydrogens (primary N) is 1. The van der Waals surface area contributed by atoms with Gasteiger partial charge in [-0.25, -0.2) is 4.79 Å². The maximum Gasteiger partial charge on any atom is 0.326 e. The molecule has 3 amide bonds. The van der Waals surface area contributed by atoms with Crippen LogP contribution in [0.2, 0.25) is 0 Å². The summed E-state index contributed by atoms with van der Waals surface area (Å²) in [6.07, 6.45) is 1.91. The van der Waals surface area contributed by atoms with Gasteiger partial charge in [0.15, 0.2) is 0 Å². The third-order valence-corrected chi connectivity index (χ3v) is 5.35. The van der Waals surface area contributed by atoms with Crippen LogP contribution in [0.4, 0.5) is 0 Å². The molecule has 3 unspecified atom stereocenters. The summed E-state index contributed by atoms with van der Waals surface area (Å²) in [5.74, 6) is -3.40. The fourth-order valence-corrected chi connectivity index (χ4v) is 3.47. The molecule has 0 saturated carbocycles. The maximum absolute atomic E-state index is 13.0. The quantitative estimate of drug-likeness (QED) is 0.228. The summed E-state index contributed by atoms with van der Waals surface area (Å²) in [5.41, 5.74) is 7.07. The number of rotatable bonds is 11. The summed E-state index contributed by atoms with van der Waals surface area (Å²) >= 11 is 4.11. The average Bonchev–Trinajstić information content (AvgIpc) is 3.17. The Bertz CT molecular complexity index is 976. The lowest BCUT2D eigenvalue weighted by Crippen LogP contribution is -2.57. The summed E-state index contributed by atoms with van der Waals surface area (Å²) in [6.45, 7) is 3.02. The van der Waals surface area contributed by atoms with E-state index in [9.17, 15) is 24.3 Å². The number of carboxylic acids is 1. The first-order valence-corrected chi connectivity index (χ1v) is 10.8. The van der Waals surface area contributed by atoms with E-state index in [2.05, 4.69) is 33.6 Å². The fourth-order valence-electron chi connectivity index (χ4n) is 3.22. The number of carboxylic acid groups (broad SMARTS) is 1. The number of amides is 3. The predicted molar refractivity (Wildman–Crippen MR) is 123 cm³/mol. The first-order chi connectivity index (χ1) is 15.2. The Balaban J connectivity index is 2.17. The van der Waals surface area contributed by atoms with Crippen molar-refractivity contribution in [2.45, 2.75) is 38.4 Å². The van der Waals surface area contributed by atoms with Crippen LogP contribution < -0.4 is 21.7 Å². The van der Waals surface area contributed by atoms with Crippen molar-refractivity contribution in [3.8, 4) is 0 Å². The van der Waals surface area contributed by atoms with Gasteiger partial charge in [-0.2, -0.15) is 12.6 Å². The molecule has 11 heteroatoms. The summed E-state index contributed by atoms with van der Waals surface area (Å²) in [7, 11) is 0. The highest BCUT2D eigenvalue weighted by molar-refractivity contribution is 7.80. The van der Waals surface area contributed by atoms with Gasteiger partial charge in [-0.1, -0.05) is 32.0 Å². The molecule has 3 atom stereocenters. The van der Waals surface area contributed by atoms with Gasteiger partial charge in [-0.05, 0) is 17.5 Å². The molecule has 0 saturated heterocycles. The molecule has 7 N–H and O–H groups in total. The highest BCUT2D eigenvalue weighted by atomic mass is 32.1. The van der Waals surface area contributed by atoms with Gasteiger partial charge in [0.2, 0.25) is 17.7 Å². The van der Waals surface area contributed by atoms with Crippen molar-refractivity contribution in [2.75, 3.05) is 12.3 Å². The first kappa shape index (κ1) is 25.2. The lowest BCUT2D eigenvalue weighted by Gasteiger charge is -2.24. The van der Waals surface area contributed by atoms with Crippen molar-refractivity contribution in [1.82, 2.24) is 20.9 Å². The van der Waals surface area contributed by atoms with Crippen LogP contribution in [0.5, 0.6) is 0 Å². The number of hydrogen-bond acceptors (Lipinski definition) is 6. The third kappa shape index (κ3) is 6.47. The van der Waals surface area contributed by atoms with Crippen LogP contribution in [-0.4, -0.2) is 64.2 Å². The van der Waals surface area contributed by atoms with Crippen molar-refractivity contribution >= 4 is 47.2 Å². The number of thiol groups is 1. The number of carbonyl (C=O) groups is 4. The molecule has 1 aromatic carbocycles. The van der Waals surface area contributed by atoms with E-state index in [0.29, 0.717) is 0 Å². The number of fused-ring (bicyclic) bond motifs is 1. The molecule has 0 spiro atoms. The van der Waals surface area contributed by atoms with Gasteiger partial charge in [-0.15, -0.1) is 0 Å². The summed E-state index contributed by atoms with van der Waals surface area (Å²) in [6, 6.07) is 4.32. The van der Waals surface area contributed by atoms with E-state index < -0.39 is 41.8 Å². The Kier molecular flexibility index (Phi) is 9.09. The zero-order chi connectivity index (χ0) is 23.8. The van der Waals surface area contributed by atoms with Crippen LogP contribution in [0.25, 0.3) is 10.9 Å². The van der Waals surface area contributed by atoms with Gasteiger partial charge < -0.3 is 31.8 Å². The summed E-state index contributed by atoms with van der Waals surface area (Å²) in [5, 5.41) is 17.7. The molecule has 0 aliphatic heterocycles. The van der Waals surface area contributed by atoms with Gasteiger partial charge in [0.25, 0.3) is 0 Å². The fraction of sp³-hybridized carbons (Fsp3) is 0.429. The van der Waals surface area contributed by atoms with Crippen LogP contribution in [-0.2, 0) is 25.6 Å². The molecule has 2 aromatic rings. The lowest BCUT2D eigenvalue weighted by atomic mass is 10.0. The lowest BCUT2D eigenvalue weighted by molar-refractivity contribution is -0.143. The summed E-state index contributed by atoms with van der Waals surface area (Å²) < 4.78 is 0. The molecule has 0 aliphatic rings. The minimum absolute atomic E-state index is 0.0628. The number of nitrogens with one attached hydrogen (secondary N) is 4. The number of benzene rings is 1. The molecule has 1 aromatic heterocycles. The Labute approximate surface area is 191 Å². The number of carbonyl (C=O) groups excluding carboxylic acids is 3. The van der Waals surface area contributed by atoms with E-state index in [0.717, 1.165) is 16.5 Å². The maximum atomic E-state index is 13.0. The van der Waals surface area contributed by atoms with Gasteiger partial charge in [0.1, 0.15) is 18.1 Å². The van der Waals surface area contributed by atoms with Crippen LogP contribution in [0.15, 0.2) is 30.5 Å². The summed E-state index contributed by atoms with van der Waals surface area (Å²) in [4.78, 5) is 52.0. The number of aromatic nitrogens is 1. The molecule has 0 radical (unpaired) electrons. The highest BCUT2D eigenvalue weighted by Gasteiger charge is 2.30. The molecule has 0 fully saturated rings. The van der Waals surface area contributed by atoms with Crippen LogP contribution in [0, 0.1) is 5.92 Å². The van der Waals surface area contributed by atoms with E-state index in [1.165, 1.54) is 0 Å². The van der Waals surface area contributed by atoms with Crippen molar-refractivity contribution in [3.05, 3.63) is 36.0 Å². The van der Waals surface area contributed by atoms with Crippen molar-refractivity contribution in [2.24, 2.45) is 11.7 Å².